The van der Waals surface area contributed by atoms with E-state index in [1.165, 1.54) is 17.7 Å². The number of hydrogen-bond donors (Lipinski definition) is 0. The highest BCUT2D eigenvalue weighted by atomic mass is 16.2. The van der Waals surface area contributed by atoms with Gasteiger partial charge in [0.05, 0.1) is 17.5 Å². The molecule has 1 aromatic rings. The Hall–Kier alpha value is -2.43. The second-order valence-corrected chi connectivity index (χ2v) is 7.92. The molecule has 142 valence electrons. The van der Waals surface area contributed by atoms with Crippen LogP contribution in [0.5, 0.6) is 0 Å². The Morgan fingerprint density at radius 3 is 2.26 bits per heavy atom. The number of allylic oxidation sites excluding steroid dienone is 2. The zero-order chi connectivity index (χ0) is 19.0. The van der Waals surface area contributed by atoms with Gasteiger partial charge in [0.1, 0.15) is 0 Å². The zero-order valence-corrected chi connectivity index (χ0v) is 15.8. The first-order valence-electron chi connectivity index (χ1n) is 10.0. The summed E-state index contributed by atoms with van der Waals surface area (Å²) in [6.45, 7) is 3.60. The monoisotopic (exact) mass is 366 g/mol. The molecule has 0 radical (unpaired) electrons. The predicted octanol–water partition coefficient (Wildman–Crippen LogP) is 3.40. The molecule has 1 aliphatic carbocycles. The highest BCUT2D eigenvalue weighted by molar-refractivity contribution is 6.22. The molecule has 2 aliphatic heterocycles. The lowest BCUT2D eigenvalue weighted by Gasteiger charge is -2.22. The standard InChI is InChI=1S/C22H26N2O3/c1-15-7-6-8-18-19(15)22(27)24(21(18)26)17-11-9-16(10-12-17)20(25)23-13-4-2-3-5-14-23/h6-7,9-12,15,18-19H,2-5,8,13-14H2,1H3/t15-,18+,19+/m1/s1. The number of imide groups is 1. The Morgan fingerprint density at radius 2 is 1.63 bits per heavy atom. The van der Waals surface area contributed by atoms with Crippen LogP contribution in [0, 0.1) is 17.8 Å². The zero-order valence-electron chi connectivity index (χ0n) is 15.8. The third-order valence-electron chi connectivity index (χ3n) is 6.14. The second kappa shape index (κ2) is 7.29. The Balaban J connectivity index is 1.53. The normalized spacial score (nSPS) is 28.3. The molecule has 3 aliphatic rings. The number of benzene rings is 1. The molecule has 4 rings (SSSR count). The van der Waals surface area contributed by atoms with E-state index < -0.39 is 0 Å². The van der Waals surface area contributed by atoms with Gasteiger partial charge in [0.2, 0.25) is 11.8 Å². The topological polar surface area (TPSA) is 57.7 Å². The fourth-order valence-corrected chi connectivity index (χ4v) is 4.61. The lowest BCUT2D eigenvalue weighted by atomic mass is 9.78. The van der Waals surface area contributed by atoms with Gasteiger partial charge in [-0.15, -0.1) is 0 Å². The number of anilines is 1. The molecule has 5 heteroatoms. The number of rotatable bonds is 2. The Bertz CT molecular complexity index is 775. The van der Waals surface area contributed by atoms with E-state index in [-0.39, 0.29) is 35.5 Å². The van der Waals surface area contributed by atoms with E-state index >= 15 is 0 Å². The summed E-state index contributed by atoms with van der Waals surface area (Å²) in [6.07, 6.45) is 9.12. The molecule has 0 bridgehead atoms. The van der Waals surface area contributed by atoms with E-state index in [0.29, 0.717) is 17.7 Å². The molecular weight excluding hydrogens is 340 g/mol. The first kappa shape index (κ1) is 18.0. The first-order valence-corrected chi connectivity index (χ1v) is 10.0. The summed E-state index contributed by atoms with van der Waals surface area (Å²) in [4.78, 5) is 41.6. The van der Waals surface area contributed by atoms with E-state index in [9.17, 15) is 14.4 Å². The predicted molar refractivity (Wildman–Crippen MR) is 103 cm³/mol. The van der Waals surface area contributed by atoms with Crippen molar-refractivity contribution in [2.24, 2.45) is 17.8 Å². The lowest BCUT2D eigenvalue weighted by Crippen LogP contribution is -2.33. The minimum atomic E-state index is -0.263. The van der Waals surface area contributed by atoms with Gasteiger partial charge < -0.3 is 4.90 Å². The van der Waals surface area contributed by atoms with Crippen LogP contribution in [0.3, 0.4) is 0 Å². The molecule has 0 spiro atoms. The molecule has 2 saturated heterocycles. The largest absolute Gasteiger partial charge is 0.339 e. The minimum Gasteiger partial charge on any atom is -0.339 e. The molecule has 0 N–H and O–H groups in total. The van der Waals surface area contributed by atoms with E-state index in [2.05, 4.69) is 0 Å². The van der Waals surface area contributed by atoms with Crippen molar-refractivity contribution in [1.82, 2.24) is 4.90 Å². The molecule has 0 saturated carbocycles. The van der Waals surface area contributed by atoms with Gasteiger partial charge in [0.25, 0.3) is 5.91 Å². The molecule has 5 nitrogen and oxygen atoms in total. The maximum atomic E-state index is 12.9. The fraction of sp³-hybridized carbons (Fsp3) is 0.500. The molecule has 1 aromatic carbocycles. The van der Waals surface area contributed by atoms with Crippen molar-refractivity contribution in [1.29, 1.82) is 0 Å². The molecule has 0 unspecified atom stereocenters. The molecule has 2 fully saturated rings. The SMILES string of the molecule is C[C@@H]1C=CC[C@@H]2C(=O)N(c3ccc(C(=O)N4CCCCCC4)cc3)C(=O)[C@@H]12. The third-order valence-corrected chi connectivity index (χ3v) is 6.14. The van der Waals surface area contributed by atoms with Gasteiger partial charge in [0, 0.05) is 18.7 Å². The van der Waals surface area contributed by atoms with Crippen LogP contribution in [-0.4, -0.2) is 35.7 Å². The molecular formula is C22H26N2O3. The lowest BCUT2D eigenvalue weighted by molar-refractivity contribution is -0.122. The summed E-state index contributed by atoms with van der Waals surface area (Å²) in [5.74, 6) is -0.638. The van der Waals surface area contributed by atoms with Crippen LogP contribution in [-0.2, 0) is 9.59 Å². The van der Waals surface area contributed by atoms with Crippen LogP contribution in [0.1, 0.15) is 49.4 Å². The van der Waals surface area contributed by atoms with Crippen LogP contribution in [0.2, 0.25) is 0 Å². The van der Waals surface area contributed by atoms with Crippen molar-refractivity contribution >= 4 is 23.4 Å². The number of carbonyl (C=O) groups excluding carboxylic acids is 3. The minimum absolute atomic E-state index is 0.0361. The summed E-state index contributed by atoms with van der Waals surface area (Å²) in [6, 6.07) is 6.95. The summed E-state index contributed by atoms with van der Waals surface area (Å²) in [5, 5.41) is 0. The quantitative estimate of drug-likeness (QED) is 0.595. The average molecular weight is 366 g/mol. The van der Waals surface area contributed by atoms with Crippen molar-refractivity contribution in [3.63, 3.8) is 0 Å². The van der Waals surface area contributed by atoms with Crippen LogP contribution in [0.4, 0.5) is 5.69 Å². The van der Waals surface area contributed by atoms with Gasteiger partial charge in [-0.3, -0.25) is 19.3 Å². The number of fused-ring (bicyclic) bond motifs is 1. The van der Waals surface area contributed by atoms with Gasteiger partial charge in [0.15, 0.2) is 0 Å². The molecule has 2 heterocycles. The maximum absolute atomic E-state index is 12.9. The second-order valence-electron chi connectivity index (χ2n) is 7.92. The number of likely N-dealkylation sites (tertiary alicyclic amines) is 1. The highest BCUT2D eigenvalue weighted by Crippen LogP contribution is 2.40. The fourth-order valence-electron chi connectivity index (χ4n) is 4.61. The smallest absolute Gasteiger partial charge is 0.253 e. The molecule has 3 atom stereocenters. The van der Waals surface area contributed by atoms with Gasteiger partial charge in [-0.25, -0.2) is 0 Å². The summed E-state index contributed by atoms with van der Waals surface area (Å²) in [7, 11) is 0. The van der Waals surface area contributed by atoms with Crippen LogP contribution in [0.15, 0.2) is 36.4 Å². The van der Waals surface area contributed by atoms with Crippen LogP contribution >= 0.6 is 0 Å². The van der Waals surface area contributed by atoms with Crippen LogP contribution in [0.25, 0.3) is 0 Å². The Morgan fingerprint density at radius 1 is 0.963 bits per heavy atom. The van der Waals surface area contributed by atoms with E-state index in [1.54, 1.807) is 24.3 Å². The third kappa shape index (κ3) is 3.20. The Kier molecular flexibility index (Phi) is 4.85. The van der Waals surface area contributed by atoms with Gasteiger partial charge in [-0.1, -0.05) is 31.9 Å². The van der Waals surface area contributed by atoms with Crippen LogP contribution < -0.4 is 4.90 Å². The van der Waals surface area contributed by atoms with Gasteiger partial charge in [-0.05, 0) is 49.4 Å². The molecule has 27 heavy (non-hydrogen) atoms. The molecule has 0 aromatic heterocycles. The van der Waals surface area contributed by atoms with Crippen molar-refractivity contribution in [2.75, 3.05) is 18.0 Å². The summed E-state index contributed by atoms with van der Waals surface area (Å²) >= 11 is 0. The summed E-state index contributed by atoms with van der Waals surface area (Å²) < 4.78 is 0. The van der Waals surface area contributed by atoms with Crippen molar-refractivity contribution in [2.45, 2.75) is 39.0 Å². The van der Waals surface area contributed by atoms with Crippen molar-refractivity contribution in [3.8, 4) is 0 Å². The first-order chi connectivity index (χ1) is 13.1. The van der Waals surface area contributed by atoms with Crippen molar-refractivity contribution in [3.05, 3.63) is 42.0 Å². The van der Waals surface area contributed by atoms with E-state index in [0.717, 1.165) is 25.9 Å². The maximum Gasteiger partial charge on any atom is 0.253 e. The highest BCUT2D eigenvalue weighted by Gasteiger charge is 2.50. The number of hydrogen-bond acceptors (Lipinski definition) is 3. The van der Waals surface area contributed by atoms with E-state index in [4.69, 9.17) is 0 Å². The number of carbonyl (C=O) groups is 3. The number of nitrogens with zero attached hydrogens (tertiary/aromatic N) is 2. The van der Waals surface area contributed by atoms with Gasteiger partial charge >= 0.3 is 0 Å². The van der Waals surface area contributed by atoms with Gasteiger partial charge in [-0.2, -0.15) is 0 Å². The van der Waals surface area contributed by atoms with E-state index in [1.807, 2.05) is 24.0 Å². The average Bonchev–Trinajstić information content (AvgIpc) is 2.86. The van der Waals surface area contributed by atoms with Crippen molar-refractivity contribution < 1.29 is 14.4 Å². The summed E-state index contributed by atoms with van der Waals surface area (Å²) in [5.41, 5.74) is 1.19. The number of amides is 3. The Labute approximate surface area is 160 Å². The molecule has 3 amide bonds.